The van der Waals surface area contributed by atoms with Crippen LogP contribution in [0.5, 0.6) is 34.5 Å². The topological polar surface area (TPSA) is 177 Å². The van der Waals surface area contributed by atoms with E-state index < -0.39 is 58.6 Å². The molecular weight excluding hydrogens is 400 g/mol. The van der Waals surface area contributed by atoms with Gasteiger partial charge in [-0.05, 0) is 37.8 Å². The molecule has 1 saturated carbocycles. The normalized spacial score (nSPS) is 18.5. The maximum absolute atomic E-state index is 12.4. The molecule has 0 heterocycles. The van der Waals surface area contributed by atoms with Crippen molar-refractivity contribution in [2.45, 2.75) is 37.9 Å². The number of phenols is 5. The van der Waals surface area contributed by atoms with Crippen molar-refractivity contribution >= 4 is 11.9 Å². The van der Waals surface area contributed by atoms with Crippen LogP contribution in [0.25, 0.3) is 0 Å². The van der Waals surface area contributed by atoms with Crippen molar-refractivity contribution in [1.82, 2.24) is 0 Å². The van der Waals surface area contributed by atoms with Gasteiger partial charge in [0.1, 0.15) is 12.2 Å². The largest absolute Gasteiger partial charge is 0.588 e. The van der Waals surface area contributed by atoms with Crippen molar-refractivity contribution in [2.24, 2.45) is 0 Å². The summed E-state index contributed by atoms with van der Waals surface area (Å²) in [6, 6.07) is 3.87. The van der Waals surface area contributed by atoms with Crippen molar-refractivity contribution in [3.05, 3.63) is 35.4 Å². The second-order valence-electron chi connectivity index (χ2n) is 6.92. The van der Waals surface area contributed by atoms with Crippen LogP contribution in [0.15, 0.2) is 24.3 Å². The van der Waals surface area contributed by atoms with Crippen LogP contribution in [0.1, 0.15) is 46.4 Å². The molecule has 2 aromatic rings. The zero-order valence-electron chi connectivity index (χ0n) is 15.7. The third-order valence-corrected chi connectivity index (χ3v) is 4.80. The van der Waals surface area contributed by atoms with E-state index in [4.69, 9.17) is 14.6 Å². The molecule has 0 aromatic heterocycles. The fourth-order valence-electron chi connectivity index (χ4n) is 3.20. The molecule has 160 valence electrons. The van der Waals surface area contributed by atoms with Crippen molar-refractivity contribution in [3.8, 4) is 34.5 Å². The fourth-order valence-corrected chi connectivity index (χ4v) is 3.20. The molecule has 10 nitrogen and oxygen atoms in total. The van der Waals surface area contributed by atoms with Gasteiger partial charge in [0.05, 0.1) is 11.1 Å². The molecule has 0 radical (unpaired) electrons. The number of hydrogen-bond acceptors (Lipinski definition) is 9. The smallest absolute Gasteiger partial charge is 0.339 e. The first-order valence-electron chi connectivity index (χ1n) is 9.12. The van der Waals surface area contributed by atoms with Gasteiger partial charge in [0, 0.05) is 12.1 Å². The van der Waals surface area contributed by atoms with Gasteiger partial charge in [0.2, 0.25) is 11.5 Å². The van der Waals surface area contributed by atoms with Crippen molar-refractivity contribution in [3.63, 3.8) is 0 Å². The summed E-state index contributed by atoms with van der Waals surface area (Å²) < 4.78 is 10.8. The minimum atomic E-state index is -0.887. The number of carbonyl (C=O) groups is 2. The molecule has 0 saturated heterocycles. The third kappa shape index (κ3) is 4.27. The number of ether oxygens (including phenoxy) is 2. The highest BCUT2D eigenvalue weighted by Crippen LogP contribution is 2.37. The SMILES string of the molecule is O=C(O[C@H]1CCCC[C@H]1OC(=O)c1cc(O)c(O)c(O)c1)c1cc(O)c([OH2+])c(O)c1. The monoisotopic (exact) mass is 421 g/mol. The molecule has 0 unspecified atom stereocenters. The molecule has 0 aliphatic heterocycles. The summed E-state index contributed by atoms with van der Waals surface area (Å²) in [5.41, 5.74) is -0.357. The summed E-state index contributed by atoms with van der Waals surface area (Å²) in [6.07, 6.45) is 0.647. The average molecular weight is 421 g/mol. The molecule has 1 fully saturated rings. The maximum atomic E-state index is 12.4. The highest BCUT2D eigenvalue weighted by Gasteiger charge is 2.33. The highest BCUT2D eigenvalue weighted by atomic mass is 16.6. The Balaban J connectivity index is 1.73. The van der Waals surface area contributed by atoms with Gasteiger partial charge in [-0.3, -0.25) is 0 Å². The summed E-state index contributed by atoms with van der Waals surface area (Å²) in [5, 5.41) is 55.1. The van der Waals surface area contributed by atoms with Gasteiger partial charge in [-0.1, -0.05) is 0 Å². The molecule has 1 aliphatic carbocycles. The second kappa shape index (κ2) is 8.27. The summed E-state index contributed by atoms with van der Waals surface area (Å²) in [5.74, 6) is -5.58. The molecule has 3 rings (SSSR count). The lowest BCUT2D eigenvalue weighted by Gasteiger charge is -2.30. The Morgan fingerprint density at radius 3 is 1.50 bits per heavy atom. The van der Waals surface area contributed by atoms with Gasteiger partial charge >= 0.3 is 17.7 Å². The Morgan fingerprint density at radius 2 is 1.10 bits per heavy atom. The van der Waals surface area contributed by atoms with Crippen molar-refractivity contribution in [1.29, 1.82) is 0 Å². The minimum Gasteiger partial charge on any atom is -0.588 e. The first-order valence-corrected chi connectivity index (χ1v) is 9.12. The van der Waals surface area contributed by atoms with Crippen molar-refractivity contribution in [2.75, 3.05) is 0 Å². The Morgan fingerprint density at radius 1 is 0.733 bits per heavy atom. The van der Waals surface area contributed by atoms with Crippen molar-refractivity contribution < 1.29 is 49.7 Å². The van der Waals surface area contributed by atoms with Crippen LogP contribution in [-0.2, 0) is 9.47 Å². The standard InChI is InChI=1S/C20H20O10/c21-11-5-9(6-12(22)17(11)25)19(27)29-15-3-1-2-4-16(15)30-20(28)10-7-13(23)18(26)14(24)8-10/h5-8,15-16,21-26H,1-4H2/p+1/t15-,16+. The molecule has 10 heteroatoms. The Labute approximate surface area is 170 Å². The molecule has 2 aromatic carbocycles. The van der Waals surface area contributed by atoms with Gasteiger partial charge in [0.15, 0.2) is 17.2 Å². The van der Waals surface area contributed by atoms with E-state index in [-0.39, 0.29) is 11.1 Å². The zero-order chi connectivity index (χ0) is 22.0. The molecule has 0 bridgehead atoms. The summed E-state index contributed by atoms with van der Waals surface area (Å²) >= 11 is 0. The number of benzene rings is 2. The Kier molecular flexibility index (Phi) is 5.77. The van der Waals surface area contributed by atoms with Gasteiger partial charge in [-0.2, -0.15) is 0 Å². The predicted molar refractivity (Wildman–Crippen MR) is 101 cm³/mol. The third-order valence-electron chi connectivity index (χ3n) is 4.80. The van der Waals surface area contributed by atoms with Crippen LogP contribution >= 0.6 is 0 Å². The first-order chi connectivity index (χ1) is 14.2. The lowest BCUT2D eigenvalue weighted by molar-refractivity contribution is -0.0514. The molecule has 30 heavy (non-hydrogen) atoms. The molecule has 0 amide bonds. The van der Waals surface area contributed by atoms with E-state index >= 15 is 0 Å². The van der Waals surface area contributed by atoms with E-state index in [0.717, 1.165) is 30.7 Å². The van der Waals surface area contributed by atoms with Crippen LogP contribution in [0.4, 0.5) is 0 Å². The highest BCUT2D eigenvalue weighted by molar-refractivity contribution is 5.92. The molecule has 7 N–H and O–H groups in total. The number of aromatic hydroxyl groups is 5. The van der Waals surface area contributed by atoms with Gasteiger partial charge < -0.3 is 40.1 Å². The predicted octanol–water partition coefficient (Wildman–Crippen LogP) is 1.98. The first kappa shape index (κ1) is 20.9. The molecular formula is C20H21O10+. The van der Waals surface area contributed by atoms with E-state index in [0.29, 0.717) is 19.3 Å². The fraction of sp³-hybridized carbons (Fsp3) is 0.300. The van der Waals surface area contributed by atoms with E-state index in [2.05, 4.69) is 0 Å². The summed E-state index contributed by atoms with van der Waals surface area (Å²) in [6.45, 7) is 0. The quantitative estimate of drug-likeness (QED) is 0.280. The van der Waals surface area contributed by atoms with E-state index in [1.54, 1.807) is 0 Å². The minimum absolute atomic E-state index is 0.162. The number of phenolic OH excluding ortho intramolecular Hbond substituents is 5. The lowest BCUT2D eigenvalue weighted by Crippen LogP contribution is -2.37. The van der Waals surface area contributed by atoms with Crippen LogP contribution < -0.4 is 0 Å². The number of esters is 2. The van der Waals surface area contributed by atoms with Crippen LogP contribution in [-0.4, -0.2) is 54.8 Å². The number of carbonyl (C=O) groups excluding carboxylic acids is 2. The Bertz CT molecular complexity index is 858. The summed E-state index contributed by atoms with van der Waals surface area (Å²) in [7, 11) is 0. The van der Waals surface area contributed by atoms with Gasteiger partial charge in [0.25, 0.3) is 0 Å². The van der Waals surface area contributed by atoms with Gasteiger partial charge in [-0.15, -0.1) is 0 Å². The number of rotatable bonds is 4. The van der Waals surface area contributed by atoms with Crippen LogP contribution in [0.2, 0.25) is 0 Å². The lowest BCUT2D eigenvalue weighted by atomic mass is 9.94. The zero-order valence-corrected chi connectivity index (χ0v) is 15.7. The molecule has 0 spiro atoms. The van der Waals surface area contributed by atoms with E-state index in [9.17, 15) is 35.1 Å². The molecule has 1 aliphatic rings. The van der Waals surface area contributed by atoms with Crippen LogP contribution in [0, 0.1) is 0 Å². The second-order valence-corrected chi connectivity index (χ2v) is 6.92. The molecule has 2 atom stereocenters. The summed E-state index contributed by atoms with van der Waals surface area (Å²) in [4.78, 5) is 24.8. The van der Waals surface area contributed by atoms with Gasteiger partial charge in [-0.25, -0.2) is 9.59 Å². The van der Waals surface area contributed by atoms with Crippen LogP contribution in [0.3, 0.4) is 0 Å². The Hall–Kier alpha value is -3.82. The maximum Gasteiger partial charge on any atom is 0.339 e. The average Bonchev–Trinajstić information content (AvgIpc) is 2.70. The number of hydrogen-bond donors (Lipinski definition) is 5. The van der Waals surface area contributed by atoms with E-state index in [1.165, 1.54) is 0 Å². The van der Waals surface area contributed by atoms with E-state index in [1.807, 2.05) is 0 Å².